The summed E-state index contributed by atoms with van der Waals surface area (Å²) in [5.41, 5.74) is 4.91. The number of anilines is 1. The molecule has 234 valence electrons. The SMILES string of the molecule is CC(C)c1noc(-c2cccc(NC(=O)C(Cc3ccc(C(=O)NCCC(=O)O)cc3)c3ccc(C4CCCCC4)cc3)c2)n1. The molecule has 0 radical (unpaired) electrons. The van der Waals surface area contributed by atoms with Gasteiger partial charge in [-0.3, -0.25) is 14.4 Å². The molecule has 1 aliphatic rings. The molecule has 1 heterocycles. The number of hydrogen-bond donors (Lipinski definition) is 3. The van der Waals surface area contributed by atoms with E-state index in [2.05, 4.69) is 45.0 Å². The van der Waals surface area contributed by atoms with E-state index in [-0.39, 0.29) is 30.7 Å². The second-order valence-electron chi connectivity index (χ2n) is 12.0. The summed E-state index contributed by atoms with van der Waals surface area (Å²) in [5.74, 6) is -0.215. The number of carbonyl (C=O) groups excluding carboxylic acids is 2. The largest absolute Gasteiger partial charge is 0.481 e. The molecular weight excluding hydrogens is 568 g/mol. The van der Waals surface area contributed by atoms with Crippen LogP contribution in [0.5, 0.6) is 0 Å². The molecule has 0 aliphatic heterocycles. The van der Waals surface area contributed by atoms with Gasteiger partial charge in [0.15, 0.2) is 5.82 Å². The van der Waals surface area contributed by atoms with Gasteiger partial charge in [-0.15, -0.1) is 0 Å². The van der Waals surface area contributed by atoms with Crippen molar-refractivity contribution in [2.24, 2.45) is 0 Å². The Kier molecular flexibility index (Phi) is 10.4. The Morgan fingerprint density at radius 2 is 1.69 bits per heavy atom. The first-order chi connectivity index (χ1) is 21.8. The van der Waals surface area contributed by atoms with Crippen molar-refractivity contribution in [3.05, 3.63) is 101 Å². The maximum Gasteiger partial charge on any atom is 0.305 e. The zero-order chi connectivity index (χ0) is 31.8. The summed E-state index contributed by atoms with van der Waals surface area (Å²) in [5, 5.41) is 18.6. The van der Waals surface area contributed by atoms with Crippen LogP contribution in [0.25, 0.3) is 11.5 Å². The van der Waals surface area contributed by atoms with Crippen LogP contribution in [0.2, 0.25) is 0 Å². The molecule has 3 aromatic carbocycles. The summed E-state index contributed by atoms with van der Waals surface area (Å²) >= 11 is 0. The fourth-order valence-electron chi connectivity index (χ4n) is 5.76. The Balaban J connectivity index is 1.35. The van der Waals surface area contributed by atoms with Crippen molar-refractivity contribution >= 4 is 23.5 Å². The monoisotopic (exact) mass is 608 g/mol. The van der Waals surface area contributed by atoms with Crippen LogP contribution in [0.15, 0.2) is 77.3 Å². The van der Waals surface area contributed by atoms with Crippen molar-refractivity contribution < 1.29 is 24.0 Å². The predicted molar refractivity (Wildman–Crippen MR) is 172 cm³/mol. The molecule has 1 atom stereocenters. The number of nitrogens with one attached hydrogen (secondary N) is 2. The van der Waals surface area contributed by atoms with Gasteiger partial charge in [-0.25, -0.2) is 0 Å². The Morgan fingerprint density at radius 3 is 2.36 bits per heavy atom. The van der Waals surface area contributed by atoms with Gasteiger partial charge in [0.25, 0.3) is 11.8 Å². The molecule has 3 N–H and O–H groups in total. The molecule has 2 amide bonds. The molecule has 1 fully saturated rings. The Bertz CT molecular complexity index is 1610. The van der Waals surface area contributed by atoms with E-state index in [1.807, 2.05) is 50.2 Å². The van der Waals surface area contributed by atoms with Crippen LogP contribution in [0.1, 0.15) is 103 Å². The van der Waals surface area contributed by atoms with Crippen LogP contribution in [0.4, 0.5) is 5.69 Å². The van der Waals surface area contributed by atoms with Crippen molar-refractivity contribution in [1.29, 1.82) is 0 Å². The van der Waals surface area contributed by atoms with Crippen molar-refractivity contribution in [3.8, 4) is 11.5 Å². The quantitative estimate of drug-likeness (QED) is 0.156. The van der Waals surface area contributed by atoms with Gasteiger partial charge in [0.1, 0.15) is 0 Å². The normalized spacial score (nSPS) is 14.2. The molecule has 9 heteroatoms. The number of carbonyl (C=O) groups is 3. The van der Waals surface area contributed by atoms with Crippen molar-refractivity contribution in [1.82, 2.24) is 15.5 Å². The average molecular weight is 609 g/mol. The van der Waals surface area contributed by atoms with Crippen LogP contribution < -0.4 is 10.6 Å². The van der Waals surface area contributed by atoms with E-state index in [9.17, 15) is 14.4 Å². The minimum absolute atomic E-state index is 0.0571. The summed E-state index contributed by atoms with van der Waals surface area (Å²) in [4.78, 5) is 41.6. The fraction of sp³-hybridized carbons (Fsp3) is 0.361. The van der Waals surface area contributed by atoms with E-state index < -0.39 is 11.9 Å². The van der Waals surface area contributed by atoms with E-state index >= 15 is 0 Å². The first kappa shape index (κ1) is 31.6. The number of carboxylic acids is 1. The van der Waals surface area contributed by atoms with E-state index in [0.29, 0.717) is 35.3 Å². The van der Waals surface area contributed by atoms with Gasteiger partial charge in [-0.2, -0.15) is 4.98 Å². The first-order valence-corrected chi connectivity index (χ1v) is 15.7. The van der Waals surface area contributed by atoms with Crippen molar-refractivity contribution in [3.63, 3.8) is 0 Å². The molecule has 0 saturated heterocycles. The topological polar surface area (TPSA) is 134 Å². The van der Waals surface area contributed by atoms with Gasteiger partial charge in [0, 0.05) is 29.3 Å². The second kappa shape index (κ2) is 14.8. The number of carboxylic acid groups (broad SMARTS) is 1. The highest BCUT2D eigenvalue weighted by Crippen LogP contribution is 2.34. The molecule has 0 bridgehead atoms. The minimum Gasteiger partial charge on any atom is -0.481 e. The van der Waals surface area contributed by atoms with Gasteiger partial charge in [0.05, 0.1) is 12.3 Å². The van der Waals surface area contributed by atoms with Crippen LogP contribution in [-0.2, 0) is 16.0 Å². The molecule has 0 spiro atoms. The van der Waals surface area contributed by atoms with E-state index in [0.717, 1.165) is 16.7 Å². The Morgan fingerprint density at radius 1 is 0.956 bits per heavy atom. The summed E-state index contributed by atoms with van der Waals surface area (Å²) < 4.78 is 5.46. The highest BCUT2D eigenvalue weighted by molar-refractivity contribution is 5.97. The van der Waals surface area contributed by atoms with Crippen LogP contribution in [0, 0.1) is 0 Å². The molecule has 45 heavy (non-hydrogen) atoms. The Hall–Kier alpha value is -4.79. The lowest BCUT2D eigenvalue weighted by atomic mass is 9.83. The molecule has 1 unspecified atom stereocenters. The summed E-state index contributed by atoms with van der Waals surface area (Å²) in [6.07, 6.45) is 6.50. The smallest absolute Gasteiger partial charge is 0.305 e. The highest BCUT2D eigenvalue weighted by atomic mass is 16.5. The van der Waals surface area contributed by atoms with Gasteiger partial charge in [-0.1, -0.05) is 80.7 Å². The lowest BCUT2D eigenvalue weighted by Crippen LogP contribution is -2.26. The number of aromatic nitrogens is 2. The second-order valence-corrected chi connectivity index (χ2v) is 12.0. The highest BCUT2D eigenvalue weighted by Gasteiger charge is 2.24. The van der Waals surface area contributed by atoms with Crippen molar-refractivity contribution in [2.75, 3.05) is 11.9 Å². The maximum absolute atomic E-state index is 13.9. The lowest BCUT2D eigenvalue weighted by Gasteiger charge is -2.23. The molecule has 9 nitrogen and oxygen atoms in total. The molecule has 4 aromatic rings. The molecule has 1 aliphatic carbocycles. The maximum atomic E-state index is 13.9. The minimum atomic E-state index is -0.969. The average Bonchev–Trinajstić information content (AvgIpc) is 3.56. The standard InChI is InChI=1S/C36H40N4O5/c1-23(2)33-39-36(45-40-33)29-9-6-10-30(22-29)38-35(44)31(27-17-15-26(16-18-27)25-7-4-3-5-8-25)21-24-11-13-28(14-12-24)34(43)37-20-19-32(41)42/h6,9-18,22-23,25,31H,3-5,7-8,19-21H2,1-2H3,(H,37,43)(H,38,44)(H,41,42). The molecule has 1 aromatic heterocycles. The van der Waals surface area contributed by atoms with Crippen LogP contribution in [-0.4, -0.2) is 39.6 Å². The zero-order valence-corrected chi connectivity index (χ0v) is 25.8. The number of amides is 2. The number of aliphatic carboxylic acids is 1. The van der Waals surface area contributed by atoms with Gasteiger partial charge in [0.2, 0.25) is 5.91 Å². The number of rotatable bonds is 12. The lowest BCUT2D eigenvalue weighted by molar-refractivity contribution is -0.136. The van der Waals surface area contributed by atoms with Gasteiger partial charge in [-0.05, 0) is 72.2 Å². The van der Waals surface area contributed by atoms with Gasteiger partial charge >= 0.3 is 5.97 Å². The van der Waals surface area contributed by atoms with Crippen molar-refractivity contribution in [2.45, 2.75) is 76.5 Å². The predicted octanol–water partition coefficient (Wildman–Crippen LogP) is 7.08. The molecule has 5 rings (SSSR count). The molecule has 1 saturated carbocycles. The molecular formula is C36H40N4O5. The number of hydrogen-bond acceptors (Lipinski definition) is 6. The third-order valence-corrected chi connectivity index (χ3v) is 8.35. The Labute approximate surface area is 263 Å². The van der Waals surface area contributed by atoms with E-state index in [1.165, 1.54) is 37.7 Å². The number of benzene rings is 3. The van der Waals surface area contributed by atoms with Crippen LogP contribution in [0.3, 0.4) is 0 Å². The van der Waals surface area contributed by atoms with E-state index in [4.69, 9.17) is 9.63 Å². The van der Waals surface area contributed by atoms with Crippen LogP contribution >= 0.6 is 0 Å². The zero-order valence-electron chi connectivity index (χ0n) is 25.8. The third kappa shape index (κ3) is 8.44. The third-order valence-electron chi connectivity index (χ3n) is 8.35. The summed E-state index contributed by atoms with van der Waals surface area (Å²) in [6, 6.07) is 22.9. The fourth-order valence-corrected chi connectivity index (χ4v) is 5.76. The van der Waals surface area contributed by atoms with Gasteiger partial charge < -0.3 is 20.3 Å². The summed E-state index contributed by atoms with van der Waals surface area (Å²) in [7, 11) is 0. The first-order valence-electron chi connectivity index (χ1n) is 15.7. The number of nitrogens with zero attached hydrogens (tertiary/aromatic N) is 2. The summed E-state index contributed by atoms with van der Waals surface area (Å²) in [6.45, 7) is 4.05. The van der Waals surface area contributed by atoms with E-state index in [1.54, 1.807) is 12.1 Å².